The quantitative estimate of drug-likeness (QED) is 0.375. The first-order valence-electron chi connectivity index (χ1n) is 12.3. The molecule has 198 valence electrons. The molecular weight excluding hydrogens is 474 g/mol. The SMILES string of the molecule is CC(C)[C@H](N)C(=O)N(C(=O)CCc1ccccc1)[C@@H](C)C(=O)NC(CC(=O)O)C(=O)Cc1ccccc1. The van der Waals surface area contributed by atoms with E-state index in [1.807, 2.05) is 30.3 Å². The van der Waals surface area contributed by atoms with Gasteiger partial charge in [0.05, 0.1) is 18.5 Å². The highest BCUT2D eigenvalue weighted by molar-refractivity contribution is 6.03. The third-order valence-corrected chi connectivity index (χ3v) is 6.05. The molecule has 37 heavy (non-hydrogen) atoms. The Labute approximate surface area is 217 Å². The molecule has 2 aromatic carbocycles. The number of imide groups is 1. The molecular formula is C28H35N3O6. The molecule has 0 aliphatic heterocycles. The first kappa shape index (κ1) is 29.4. The highest BCUT2D eigenvalue weighted by Crippen LogP contribution is 2.13. The number of carbonyl (C=O) groups is 5. The predicted octanol–water partition coefficient (Wildman–Crippen LogP) is 2.12. The zero-order valence-electron chi connectivity index (χ0n) is 21.4. The molecule has 3 atom stereocenters. The number of hydrogen-bond acceptors (Lipinski definition) is 6. The van der Waals surface area contributed by atoms with Gasteiger partial charge < -0.3 is 16.2 Å². The molecule has 2 rings (SSSR count). The van der Waals surface area contributed by atoms with E-state index in [9.17, 15) is 29.1 Å². The second-order valence-corrected chi connectivity index (χ2v) is 9.32. The van der Waals surface area contributed by atoms with Crippen LogP contribution in [0.3, 0.4) is 0 Å². The van der Waals surface area contributed by atoms with E-state index in [-0.39, 0.29) is 18.8 Å². The molecule has 0 fully saturated rings. The van der Waals surface area contributed by atoms with Gasteiger partial charge in [0.15, 0.2) is 5.78 Å². The largest absolute Gasteiger partial charge is 0.481 e. The first-order valence-corrected chi connectivity index (χ1v) is 12.3. The Morgan fingerprint density at radius 1 is 0.892 bits per heavy atom. The number of nitrogens with one attached hydrogen (secondary N) is 1. The van der Waals surface area contributed by atoms with Gasteiger partial charge >= 0.3 is 5.97 Å². The highest BCUT2D eigenvalue weighted by atomic mass is 16.4. The highest BCUT2D eigenvalue weighted by Gasteiger charge is 2.36. The maximum absolute atomic E-state index is 13.2. The molecule has 4 N–H and O–H groups in total. The summed E-state index contributed by atoms with van der Waals surface area (Å²) in [5.41, 5.74) is 7.60. The van der Waals surface area contributed by atoms with E-state index in [1.54, 1.807) is 44.2 Å². The van der Waals surface area contributed by atoms with E-state index in [0.29, 0.717) is 12.0 Å². The number of carboxylic acid groups (broad SMARTS) is 1. The van der Waals surface area contributed by atoms with Crippen LogP contribution in [0.2, 0.25) is 0 Å². The number of nitrogens with zero attached hydrogens (tertiary/aromatic N) is 1. The summed E-state index contributed by atoms with van der Waals surface area (Å²) in [6, 6.07) is 14.3. The molecule has 0 heterocycles. The summed E-state index contributed by atoms with van der Waals surface area (Å²) >= 11 is 0. The van der Waals surface area contributed by atoms with Crippen LogP contribution in [0.25, 0.3) is 0 Å². The third-order valence-electron chi connectivity index (χ3n) is 6.05. The lowest BCUT2D eigenvalue weighted by Crippen LogP contribution is -2.58. The number of carboxylic acids is 1. The van der Waals surface area contributed by atoms with Crippen molar-refractivity contribution in [3.63, 3.8) is 0 Å². The molecule has 2 aromatic rings. The van der Waals surface area contributed by atoms with Crippen molar-refractivity contribution in [2.24, 2.45) is 11.7 Å². The fourth-order valence-electron chi connectivity index (χ4n) is 3.74. The molecule has 1 unspecified atom stereocenters. The molecule has 0 saturated carbocycles. The number of ketones is 1. The van der Waals surface area contributed by atoms with Crippen LogP contribution in [-0.4, -0.2) is 57.6 Å². The number of aryl methyl sites for hydroxylation is 1. The molecule has 0 bridgehead atoms. The predicted molar refractivity (Wildman–Crippen MR) is 138 cm³/mol. The molecule has 3 amide bonds. The fraction of sp³-hybridized carbons (Fsp3) is 0.393. The number of hydrogen-bond donors (Lipinski definition) is 3. The van der Waals surface area contributed by atoms with Gasteiger partial charge in [-0.15, -0.1) is 0 Å². The summed E-state index contributed by atoms with van der Waals surface area (Å²) in [6.45, 7) is 4.82. The Morgan fingerprint density at radius 2 is 1.43 bits per heavy atom. The summed E-state index contributed by atoms with van der Waals surface area (Å²) in [7, 11) is 0. The van der Waals surface area contributed by atoms with E-state index in [2.05, 4.69) is 5.32 Å². The van der Waals surface area contributed by atoms with E-state index in [0.717, 1.165) is 10.5 Å². The van der Waals surface area contributed by atoms with Crippen LogP contribution in [0, 0.1) is 5.92 Å². The van der Waals surface area contributed by atoms with Gasteiger partial charge in [0.2, 0.25) is 17.7 Å². The average Bonchev–Trinajstić information content (AvgIpc) is 2.87. The van der Waals surface area contributed by atoms with Crippen molar-refractivity contribution in [1.82, 2.24) is 10.2 Å². The van der Waals surface area contributed by atoms with Gasteiger partial charge in [0.1, 0.15) is 6.04 Å². The standard InChI is InChI=1S/C28H35N3O6/c1-18(2)26(29)28(37)31(24(33)15-14-20-10-6-4-7-11-20)19(3)27(36)30-22(17-25(34)35)23(32)16-21-12-8-5-9-13-21/h4-13,18-19,22,26H,14-17,29H2,1-3H3,(H,30,36)(H,34,35)/t19-,22?,26-/m0/s1. The molecule has 0 saturated heterocycles. The summed E-state index contributed by atoms with van der Waals surface area (Å²) in [5, 5.41) is 11.8. The van der Waals surface area contributed by atoms with Gasteiger partial charge in [-0.05, 0) is 30.4 Å². The van der Waals surface area contributed by atoms with Crippen molar-refractivity contribution in [3.05, 3.63) is 71.8 Å². The molecule has 9 nitrogen and oxygen atoms in total. The zero-order valence-corrected chi connectivity index (χ0v) is 21.4. The Hall–Kier alpha value is -3.85. The van der Waals surface area contributed by atoms with Crippen LogP contribution >= 0.6 is 0 Å². The van der Waals surface area contributed by atoms with Crippen molar-refractivity contribution in [2.75, 3.05) is 0 Å². The minimum Gasteiger partial charge on any atom is -0.481 e. The van der Waals surface area contributed by atoms with Gasteiger partial charge in [-0.2, -0.15) is 0 Å². The molecule has 0 aliphatic rings. The third kappa shape index (κ3) is 8.95. The van der Waals surface area contributed by atoms with Crippen LogP contribution in [-0.2, 0) is 36.8 Å². The Morgan fingerprint density at radius 3 is 1.95 bits per heavy atom. The van der Waals surface area contributed by atoms with Gasteiger partial charge in [0, 0.05) is 12.8 Å². The van der Waals surface area contributed by atoms with Gasteiger partial charge in [-0.25, -0.2) is 0 Å². The van der Waals surface area contributed by atoms with E-state index in [1.165, 1.54) is 6.92 Å². The lowest BCUT2D eigenvalue weighted by Gasteiger charge is -2.31. The van der Waals surface area contributed by atoms with Crippen LogP contribution in [0.5, 0.6) is 0 Å². The van der Waals surface area contributed by atoms with E-state index >= 15 is 0 Å². The van der Waals surface area contributed by atoms with Gasteiger partial charge in [-0.3, -0.25) is 28.9 Å². The number of carbonyl (C=O) groups excluding carboxylic acids is 4. The van der Waals surface area contributed by atoms with Crippen molar-refractivity contribution in [1.29, 1.82) is 0 Å². The molecule has 0 aromatic heterocycles. The van der Waals surface area contributed by atoms with Crippen LogP contribution in [0.4, 0.5) is 0 Å². The van der Waals surface area contributed by atoms with Gasteiger partial charge in [-0.1, -0.05) is 74.5 Å². The van der Waals surface area contributed by atoms with Crippen molar-refractivity contribution < 1.29 is 29.1 Å². The van der Waals surface area contributed by atoms with Crippen LogP contribution in [0.1, 0.15) is 44.7 Å². The average molecular weight is 510 g/mol. The minimum atomic E-state index is -1.33. The summed E-state index contributed by atoms with van der Waals surface area (Å²) in [4.78, 5) is 64.6. The van der Waals surface area contributed by atoms with Crippen LogP contribution < -0.4 is 11.1 Å². The number of rotatable bonds is 13. The number of nitrogens with two attached hydrogens (primary N) is 1. The Kier molecular flexibility index (Phi) is 11.1. The summed E-state index contributed by atoms with van der Waals surface area (Å²) in [5.74, 6) is -4.17. The van der Waals surface area contributed by atoms with Crippen molar-refractivity contribution >= 4 is 29.5 Å². The first-order chi connectivity index (χ1) is 17.5. The Bertz CT molecular complexity index is 1090. The second kappa shape index (κ2) is 14.0. The van der Waals surface area contributed by atoms with E-state index in [4.69, 9.17) is 5.73 Å². The lowest BCUT2D eigenvalue weighted by molar-refractivity contribution is -0.153. The maximum atomic E-state index is 13.2. The van der Waals surface area contributed by atoms with Crippen LogP contribution in [0.15, 0.2) is 60.7 Å². The van der Waals surface area contributed by atoms with Crippen molar-refractivity contribution in [2.45, 2.75) is 64.6 Å². The molecule has 9 heteroatoms. The monoisotopic (exact) mass is 509 g/mol. The summed E-state index contributed by atoms with van der Waals surface area (Å²) < 4.78 is 0. The Balaban J connectivity index is 2.22. The summed E-state index contributed by atoms with van der Waals surface area (Å²) in [6.07, 6.45) is -0.397. The molecule has 0 radical (unpaired) electrons. The second-order valence-electron chi connectivity index (χ2n) is 9.32. The smallest absolute Gasteiger partial charge is 0.305 e. The lowest BCUT2D eigenvalue weighted by atomic mass is 10.00. The minimum absolute atomic E-state index is 0.0380. The fourth-order valence-corrected chi connectivity index (χ4v) is 3.74. The topological polar surface area (TPSA) is 147 Å². The number of benzene rings is 2. The normalized spacial score (nSPS) is 13.3. The number of aliphatic carboxylic acids is 1. The molecule has 0 spiro atoms. The zero-order chi connectivity index (χ0) is 27.5. The van der Waals surface area contributed by atoms with Gasteiger partial charge in [0.25, 0.3) is 0 Å². The number of Topliss-reactive ketones (excluding diaryl/α,β-unsaturated/α-hetero) is 1. The number of amides is 3. The van der Waals surface area contributed by atoms with Crippen molar-refractivity contribution in [3.8, 4) is 0 Å². The molecule has 0 aliphatic carbocycles. The maximum Gasteiger partial charge on any atom is 0.305 e. The van der Waals surface area contributed by atoms with E-state index < -0.39 is 54.0 Å².